The topological polar surface area (TPSA) is 175 Å². The van der Waals surface area contributed by atoms with Crippen LogP contribution in [-0.2, 0) is 14.9 Å². The Morgan fingerprint density at radius 1 is 1.21 bits per heavy atom. The maximum Gasteiger partial charge on any atom is 0.294 e. The first-order valence-electron chi connectivity index (χ1n) is 7.93. The van der Waals surface area contributed by atoms with Crippen molar-refractivity contribution >= 4 is 38.8 Å². The molecule has 0 radical (unpaired) electrons. The van der Waals surface area contributed by atoms with E-state index in [2.05, 4.69) is 15.3 Å². The van der Waals surface area contributed by atoms with Crippen LogP contribution in [0.4, 0.5) is 17.1 Å². The van der Waals surface area contributed by atoms with Crippen LogP contribution in [0, 0.1) is 10.1 Å². The van der Waals surface area contributed by atoms with E-state index in [1.807, 2.05) is 0 Å². The van der Waals surface area contributed by atoms with Crippen LogP contribution < -0.4 is 5.01 Å². The number of hydrogen-bond acceptors (Lipinski definition) is 9. The Morgan fingerprint density at radius 2 is 1.86 bits per heavy atom. The lowest BCUT2D eigenvalue weighted by Crippen LogP contribution is -2.29. The average Bonchev–Trinajstić information content (AvgIpc) is 2.94. The Balaban J connectivity index is 1.81. The maximum absolute atomic E-state index is 12.6. The second-order valence-corrected chi connectivity index (χ2v) is 7.33. The van der Waals surface area contributed by atoms with Gasteiger partial charge in [0.1, 0.15) is 11.4 Å². The van der Waals surface area contributed by atoms with Crippen molar-refractivity contribution in [3.05, 3.63) is 52.6 Å². The second-order valence-electron chi connectivity index (χ2n) is 5.91. The molecule has 1 heterocycles. The van der Waals surface area contributed by atoms with E-state index in [4.69, 9.17) is 4.55 Å². The summed E-state index contributed by atoms with van der Waals surface area (Å²) in [4.78, 5) is 22.3. The molecule has 1 aliphatic heterocycles. The minimum atomic E-state index is -4.37. The molecule has 0 aromatic heterocycles. The Kier molecular flexibility index (Phi) is 5.09. The van der Waals surface area contributed by atoms with Crippen molar-refractivity contribution in [3.8, 4) is 5.75 Å². The van der Waals surface area contributed by atoms with Crippen LogP contribution in [0.3, 0.4) is 0 Å². The predicted molar refractivity (Wildman–Crippen MR) is 99.9 cm³/mol. The molecule has 150 valence electrons. The first kappa shape index (κ1) is 20.0. The number of rotatable bonds is 5. The quantitative estimate of drug-likeness (QED) is 0.323. The number of carbonyl (C=O) groups is 1. The van der Waals surface area contributed by atoms with Crippen LogP contribution >= 0.6 is 0 Å². The lowest BCUT2D eigenvalue weighted by Gasteiger charge is -2.12. The molecule has 13 heteroatoms. The third-order valence-electron chi connectivity index (χ3n) is 3.93. The largest absolute Gasteiger partial charge is 0.505 e. The molecular formula is C16H13N5O7S. The summed E-state index contributed by atoms with van der Waals surface area (Å²) < 4.78 is 31.2. The van der Waals surface area contributed by atoms with E-state index >= 15 is 0 Å². The Morgan fingerprint density at radius 3 is 2.41 bits per heavy atom. The summed E-state index contributed by atoms with van der Waals surface area (Å²) in [6.07, 6.45) is 0. The van der Waals surface area contributed by atoms with Gasteiger partial charge in [0.2, 0.25) is 0 Å². The van der Waals surface area contributed by atoms with Crippen molar-refractivity contribution in [2.24, 2.45) is 15.3 Å². The van der Waals surface area contributed by atoms with Gasteiger partial charge in [0, 0.05) is 6.07 Å². The maximum atomic E-state index is 12.6. The number of nitro benzene ring substituents is 1. The van der Waals surface area contributed by atoms with Gasteiger partial charge in [-0.15, -0.1) is 0 Å². The predicted octanol–water partition coefficient (Wildman–Crippen LogP) is 2.42. The SMILES string of the molecule is CC1=NN(c2ccc(S(=O)(=O)O)cc2)C(=O)C1N=Nc1ccc([N+](=O)[O-])cc1O. The first-order valence-corrected chi connectivity index (χ1v) is 9.37. The smallest absolute Gasteiger partial charge is 0.294 e. The molecule has 3 rings (SSSR count). The molecule has 2 aromatic rings. The molecule has 0 aliphatic carbocycles. The number of phenols is 1. The van der Waals surface area contributed by atoms with E-state index in [-0.39, 0.29) is 22.0 Å². The van der Waals surface area contributed by atoms with Crippen LogP contribution in [-0.4, -0.2) is 40.7 Å². The summed E-state index contributed by atoms with van der Waals surface area (Å²) in [5, 5.41) is 33.2. The van der Waals surface area contributed by atoms with Crippen molar-refractivity contribution in [2.45, 2.75) is 17.9 Å². The van der Waals surface area contributed by atoms with Crippen LogP contribution in [0.25, 0.3) is 0 Å². The zero-order chi connectivity index (χ0) is 21.3. The van der Waals surface area contributed by atoms with Gasteiger partial charge in [-0.3, -0.25) is 19.5 Å². The lowest BCUT2D eigenvalue weighted by atomic mass is 10.2. The molecule has 1 aliphatic rings. The molecule has 29 heavy (non-hydrogen) atoms. The van der Waals surface area contributed by atoms with E-state index in [0.29, 0.717) is 5.71 Å². The van der Waals surface area contributed by atoms with Gasteiger partial charge in [-0.2, -0.15) is 28.8 Å². The number of hydrogen-bond donors (Lipinski definition) is 2. The molecular weight excluding hydrogens is 406 g/mol. The summed E-state index contributed by atoms with van der Waals surface area (Å²) in [5.74, 6) is -1.05. The fraction of sp³-hybridized carbons (Fsp3) is 0.125. The standard InChI is InChI=1S/C16H13N5O7S/c1-9-15(18-17-13-7-4-11(21(24)25)8-14(13)22)16(23)20(19-9)10-2-5-12(6-3-10)29(26,27)28/h2-8,15,22H,1H3,(H,26,27,28). The van der Waals surface area contributed by atoms with E-state index in [0.717, 1.165) is 29.3 Å². The lowest BCUT2D eigenvalue weighted by molar-refractivity contribution is -0.384. The number of benzene rings is 2. The number of non-ortho nitro benzene ring substituents is 1. The van der Waals surface area contributed by atoms with Gasteiger partial charge >= 0.3 is 0 Å². The van der Waals surface area contributed by atoms with Gasteiger partial charge in [0.25, 0.3) is 21.7 Å². The molecule has 12 nitrogen and oxygen atoms in total. The number of nitrogens with zero attached hydrogens (tertiary/aromatic N) is 5. The molecule has 2 N–H and O–H groups in total. The van der Waals surface area contributed by atoms with Crippen LogP contribution in [0.2, 0.25) is 0 Å². The summed E-state index contributed by atoms with van der Waals surface area (Å²) in [6.45, 7) is 1.53. The minimum Gasteiger partial charge on any atom is -0.505 e. The summed E-state index contributed by atoms with van der Waals surface area (Å²) >= 11 is 0. The van der Waals surface area contributed by atoms with Gasteiger partial charge < -0.3 is 5.11 Å². The highest BCUT2D eigenvalue weighted by atomic mass is 32.2. The first-order chi connectivity index (χ1) is 13.6. The highest BCUT2D eigenvalue weighted by Gasteiger charge is 2.35. The molecule has 0 saturated heterocycles. The Bertz CT molecular complexity index is 1160. The summed E-state index contributed by atoms with van der Waals surface area (Å²) in [5.41, 5.74) is 0.152. The zero-order valence-corrected chi connectivity index (χ0v) is 15.5. The van der Waals surface area contributed by atoms with Crippen molar-refractivity contribution in [1.82, 2.24) is 0 Å². The average molecular weight is 419 g/mol. The van der Waals surface area contributed by atoms with Gasteiger partial charge in [0.05, 0.1) is 27.3 Å². The molecule has 0 bridgehead atoms. The molecule has 1 atom stereocenters. The molecule has 1 amide bonds. The number of phenolic OH excluding ortho intramolecular Hbond substituents is 1. The molecule has 0 spiro atoms. The highest BCUT2D eigenvalue weighted by Crippen LogP contribution is 2.31. The zero-order valence-electron chi connectivity index (χ0n) is 14.7. The summed E-state index contributed by atoms with van der Waals surface area (Å²) in [6, 6.07) is 6.96. The molecule has 1 unspecified atom stereocenters. The van der Waals surface area contributed by atoms with E-state index in [9.17, 15) is 28.4 Å². The fourth-order valence-corrected chi connectivity index (χ4v) is 2.94. The van der Waals surface area contributed by atoms with Crippen molar-refractivity contribution in [3.63, 3.8) is 0 Å². The van der Waals surface area contributed by atoms with E-state index in [1.165, 1.54) is 25.1 Å². The van der Waals surface area contributed by atoms with Gasteiger partial charge in [-0.05, 0) is 37.3 Å². The molecule has 2 aromatic carbocycles. The number of azo groups is 1. The minimum absolute atomic E-state index is 0.0628. The Labute approximate surface area is 163 Å². The third-order valence-corrected chi connectivity index (χ3v) is 4.79. The molecule has 0 fully saturated rings. The number of amides is 1. The second kappa shape index (κ2) is 7.37. The molecule has 0 saturated carbocycles. The Hall–Kier alpha value is -3.71. The van der Waals surface area contributed by atoms with Crippen molar-refractivity contribution in [2.75, 3.05) is 5.01 Å². The number of hydrazone groups is 1. The normalized spacial score (nSPS) is 17.0. The van der Waals surface area contributed by atoms with Crippen molar-refractivity contribution in [1.29, 1.82) is 0 Å². The number of anilines is 1. The van der Waals surface area contributed by atoms with Crippen molar-refractivity contribution < 1.29 is 27.8 Å². The number of aromatic hydroxyl groups is 1. The third kappa shape index (κ3) is 4.09. The highest BCUT2D eigenvalue weighted by molar-refractivity contribution is 7.85. The number of carbonyl (C=O) groups excluding carboxylic acids is 1. The van der Waals surface area contributed by atoms with Crippen LogP contribution in [0.5, 0.6) is 5.75 Å². The summed E-state index contributed by atoms with van der Waals surface area (Å²) in [7, 11) is -4.37. The van der Waals surface area contributed by atoms with Crippen LogP contribution in [0.1, 0.15) is 6.92 Å². The van der Waals surface area contributed by atoms with Gasteiger partial charge in [-0.1, -0.05) is 0 Å². The van der Waals surface area contributed by atoms with Gasteiger partial charge in [-0.25, -0.2) is 0 Å². The monoisotopic (exact) mass is 419 g/mol. The fourth-order valence-electron chi connectivity index (χ4n) is 2.46. The van der Waals surface area contributed by atoms with Crippen LogP contribution in [0.15, 0.2) is 62.7 Å². The van der Waals surface area contributed by atoms with E-state index in [1.54, 1.807) is 0 Å². The number of nitro groups is 1. The van der Waals surface area contributed by atoms with Gasteiger partial charge in [0.15, 0.2) is 6.04 Å². The van der Waals surface area contributed by atoms with E-state index < -0.39 is 32.7 Å².